The fourth-order valence-corrected chi connectivity index (χ4v) is 4.78. The first-order valence-corrected chi connectivity index (χ1v) is 14.7. The van der Waals surface area contributed by atoms with Crippen LogP contribution in [0.15, 0.2) is 60.7 Å². The number of hydrogen-bond acceptors (Lipinski definition) is 6. The molecule has 0 aliphatic carbocycles. The molecule has 3 aromatic carbocycles. The summed E-state index contributed by atoms with van der Waals surface area (Å²) in [6, 6.07) is 16.4. The first-order valence-electron chi connectivity index (χ1n) is 13.6. The van der Waals surface area contributed by atoms with Gasteiger partial charge >= 0.3 is 0 Å². The Morgan fingerprint density at radius 1 is 1.12 bits per heavy atom. The fraction of sp³-hybridized carbons (Fsp3) is 0.290. The van der Waals surface area contributed by atoms with Gasteiger partial charge in [-0.25, -0.2) is 4.39 Å². The molecule has 1 aliphatic heterocycles. The highest BCUT2D eigenvalue weighted by atomic mass is 35.5. The molecule has 5 rings (SSSR count). The maximum Gasteiger partial charge on any atom is 0.269 e. The molecule has 43 heavy (non-hydrogen) atoms. The molecule has 0 radical (unpaired) electrons. The number of amides is 2. The first-order chi connectivity index (χ1) is 20.7. The standard InChI is InChI=1S/C15H16N4O4.C13H11ClFN.C2H6.CH3Cl/c16-15(23)14-11-4-3-10(21)6-12(11)19(17-14)7-13(22)18-5-1-2-9(18)8-20;1-16-12-8-4-6-10(13(12)15)9-5-2-3-7-11(9)14;2*1-2/h3-4,6,8-9,21H,1-2,5,7H2,(H2,16,23);2-8,16H,1H3;1-2H3;1H3. The number of aldehydes is 1. The van der Waals surface area contributed by atoms with Crippen molar-refractivity contribution in [2.45, 2.75) is 39.3 Å². The highest BCUT2D eigenvalue weighted by molar-refractivity contribution is 6.33. The molecule has 4 aromatic rings. The van der Waals surface area contributed by atoms with Gasteiger partial charge in [-0.2, -0.15) is 5.10 Å². The molecule has 0 bridgehead atoms. The highest BCUT2D eigenvalue weighted by Crippen LogP contribution is 2.32. The smallest absolute Gasteiger partial charge is 0.269 e. The van der Waals surface area contributed by atoms with Gasteiger partial charge in [-0.3, -0.25) is 14.3 Å². The minimum Gasteiger partial charge on any atom is -0.508 e. The topological polar surface area (TPSA) is 131 Å². The van der Waals surface area contributed by atoms with E-state index in [4.69, 9.17) is 17.3 Å². The number of alkyl halides is 1. The second-order valence-corrected chi connectivity index (χ2v) is 9.31. The van der Waals surface area contributed by atoms with Gasteiger partial charge in [0.25, 0.3) is 5.91 Å². The zero-order valence-electron chi connectivity index (χ0n) is 24.5. The lowest BCUT2D eigenvalue weighted by Gasteiger charge is -2.20. The Morgan fingerprint density at radius 2 is 1.79 bits per heavy atom. The van der Waals surface area contributed by atoms with E-state index in [2.05, 4.69) is 22.0 Å². The van der Waals surface area contributed by atoms with Gasteiger partial charge in [0.1, 0.15) is 18.6 Å². The summed E-state index contributed by atoms with van der Waals surface area (Å²) in [6.07, 6.45) is 3.68. The Kier molecular flexibility index (Phi) is 13.9. The molecule has 2 amide bonds. The van der Waals surface area contributed by atoms with E-state index in [9.17, 15) is 23.9 Å². The molecular weight excluding hydrogens is 596 g/mol. The largest absolute Gasteiger partial charge is 0.508 e. The van der Waals surface area contributed by atoms with Crippen LogP contribution in [0.2, 0.25) is 5.02 Å². The van der Waals surface area contributed by atoms with Crippen molar-refractivity contribution < 1.29 is 23.9 Å². The number of benzene rings is 3. The van der Waals surface area contributed by atoms with Gasteiger partial charge in [0.2, 0.25) is 5.91 Å². The van der Waals surface area contributed by atoms with Crippen molar-refractivity contribution in [1.82, 2.24) is 14.7 Å². The molecule has 1 aliphatic rings. The zero-order chi connectivity index (χ0) is 32.1. The number of nitrogens with one attached hydrogen (secondary N) is 1. The van der Waals surface area contributed by atoms with Crippen molar-refractivity contribution in [3.8, 4) is 16.9 Å². The lowest BCUT2D eigenvalue weighted by Crippen LogP contribution is -2.38. The van der Waals surface area contributed by atoms with Crippen LogP contribution in [0.1, 0.15) is 37.2 Å². The highest BCUT2D eigenvalue weighted by Gasteiger charge is 2.29. The molecule has 1 fully saturated rings. The summed E-state index contributed by atoms with van der Waals surface area (Å²) in [4.78, 5) is 36.4. The van der Waals surface area contributed by atoms with Gasteiger partial charge in [0.15, 0.2) is 11.5 Å². The third kappa shape index (κ3) is 8.46. The quantitative estimate of drug-likeness (QED) is 0.174. The van der Waals surface area contributed by atoms with Crippen molar-refractivity contribution >= 4 is 57.9 Å². The van der Waals surface area contributed by atoms with E-state index in [1.165, 1.54) is 34.2 Å². The number of aromatic nitrogens is 2. The number of hydrogen-bond donors (Lipinski definition) is 3. The number of anilines is 1. The second kappa shape index (κ2) is 17.1. The van der Waals surface area contributed by atoms with E-state index in [-0.39, 0.29) is 29.7 Å². The Balaban J connectivity index is 0.000000283. The SMILES string of the molecule is CC.CCl.CNc1cccc(-c2ccccc2Cl)c1F.NC(=O)c1nn(CC(=O)N2CCCC2C=O)c2cc(O)ccc12. The predicted octanol–water partition coefficient (Wildman–Crippen LogP) is 6.10. The Morgan fingerprint density at radius 3 is 2.42 bits per heavy atom. The van der Waals surface area contributed by atoms with Crippen LogP contribution < -0.4 is 11.1 Å². The minimum atomic E-state index is -0.709. The van der Waals surface area contributed by atoms with Crippen LogP contribution in [0.3, 0.4) is 0 Å². The number of fused-ring (bicyclic) bond motifs is 1. The molecule has 4 N–H and O–H groups in total. The summed E-state index contributed by atoms with van der Waals surface area (Å²) >= 11 is 10.7. The van der Waals surface area contributed by atoms with Gasteiger partial charge in [-0.1, -0.05) is 55.8 Å². The number of carbonyl (C=O) groups is 3. The number of primary amides is 1. The molecule has 1 aromatic heterocycles. The molecule has 9 nitrogen and oxygen atoms in total. The lowest BCUT2D eigenvalue weighted by atomic mass is 10.0. The minimum absolute atomic E-state index is 0.00550. The van der Waals surface area contributed by atoms with Gasteiger partial charge in [0, 0.05) is 47.6 Å². The van der Waals surface area contributed by atoms with Crippen LogP contribution in [0.5, 0.6) is 5.75 Å². The van der Waals surface area contributed by atoms with E-state index < -0.39 is 11.9 Å². The van der Waals surface area contributed by atoms with Crippen LogP contribution in [0.25, 0.3) is 22.0 Å². The zero-order valence-corrected chi connectivity index (χ0v) is 26.0. The number of phenols is 1. The number of aromatic hydroxyl groups is 1. The number of nitrogens with two attached hydrogens (primary N) is 1. The summed E-state index contributed by atoms with van der Waals surface area (Å²) in [6.45, 7) is 4.40. The fourth-order valence-electron chi connectivity index (χ4n) is 4.54. The van der Waals surface area contributed by atoms with E-state index in [0.29, 0.717) is 45.7 Å². The predicted molar refractivity (Wildman–Crippen MR) is 170 cm³/mol. The molecule has 12 heteroatoms. The number of likely N-dealkylation sites (tertiary alicyclic amines) is 1. The van der Waals surface area contributed by atoms with Crippen LogP contribution >= 0.6 is 23.2 Å². The summed E-state index contributed by atoms with van der Waals surface area (Å²) in [5.41, 5.74) is 7.48. The Labute approximate surface area is 260 Å². The third-order valence-electron chi connectivity index (χ3n) is 6.46. The van der Waals surface area contributed by atoms with Crippen LogP contribution in [-0.2, 0) is 16.1 Å². The van der Waals surface area contributed by atoms with E-state index in [1.54, 1.807) is 37.4 Å². The molecule has 1 atom stereocenters. The first kappa shape index (κ1) is 35.0. The van der Waals surface area contributed by atoms with Crippen LogP contribution in [-0.4, -0.2) is 63.9 Å². The molecule has 230 valence electrons. The van der Waals surface area contributed by atoms with Gasteiger partial charge < -0.3 is 25.9 Å². The monoisotopic (exact) mass is 631 g/mol. The van der Waals surface area contributed by atoms with Crippen molar-refractivity contribution in [3.05, 3.63) is 77.2 Å². The number of halogens is 3. The lowest BCUT2D eigenvalue weighted by molar-refractivity contribution is -0.135. The summed E-state index contributed by atoms with van der Waals surface area (Å²) in [5.74, 6) is -1.26. The number of rotatable bonds is 6. The van der Waals surface area contributed by atoms with Gasteiger partial charge in [0.05, 0.1) is 17.2 Å². The van der Waals surface area contributed by atoms with E-state index >= 15 is 0 Å². The maximum absolute atomic E-state index is 14.0. The van der Waals surface area contributed by atoms with Crippen LogP contribution in [0, 0.1) is 5.82 Å². The van der Waals surface area contributed by atoms with Gasteiger partial charge in [-0.15, -0.1) is 11.6 Å². The molecule has 1 saturated heterocycles. The van der Waals surface area contributed by atoms with Crippen molar-refractivity contribution in [3.63, 3.8) is 0 Å². The molecule has 0 saturated carbocycles. The van der Waals surface area contributed by atoms with Crippen molar-refractivity contribution in [1.29, 1.82) is 0 Å². The molecular formula is C31H36Cl2FN5O4. The van der Waals surface area contributed by atoms with Crippen molar-refractivity contribution in [2.75, 3.05) is 25.3 Å². The normalized spacial score (nSPS) is 13.5. The van der Waals surface area contributed by atoms with Gasteiger partial charge in [-0.05, 0) is 37.1 Å². The number of phenolic OH excluding ortho intramolecular Hbond substituents is 1. The summed E-state index contributed by atoms with van der Waals surface area (Å²) in [7, 11) is 1.69. The second-order valence-electron chi connectivity index (χ2n) is 8.90. The summed E-state index contributed by atoms with van der Waals surface area (Å²) in [5, 5.41) is 17.5. The Hall–Kier alpha value is -4.15. The van der Waals surface area contributed by atoms with Crippen LogP contribution in [0.4, 0.5) is 10.1 Å². The molecule has 2 heterocycles. The average molecular weight is 633 g/mol. The number of nitrogens with zero attached hydrogens (tertiary/aromatic N) is 3. The van der Waals surface area contributed by atoms with Crippen molar-refractivity contribution in [2.24, 2.45) is 5.73 Å². The van der Waals surface area contributed by atoms with E-state index in [1.807, 2.05) is 26.0 Å². The Bertz CT molecular complexity index is 1550. The average Bonchev–Trinajstić information content (AvgIpc) is 3.65. The van der Waals surface area contributed by atoms with E-state index in [0.717, 1.165) is 12.7 Å². The molecule has 0 spiro atoms. The third-order valence-corrected chi connectivity index (χ3v) is 6.79. The summed E-state index contributed by atoms with van der Waals surface area (Å²) < 4.78 is 15.3. The number of carbonyl (C=O) groups excluding carboxylic acids is 3. The molecule has 1 unspecified atom stereocenters. The maximum atomic E-state index is 14.0.